The highest BCUT2D eigenvalue weighted by Crippen LogP contribution is 2.44. The highest BCUT2D eigenvalue weighted by molar-refractivity contribution is 5.73. The standard InChI is InChI=1S/C9H15NO2/c1-7(11)10-5-4-9(12,6-10)8-2-3-8/h8,12H,2-6H2,1H3. The topological polar surface area (TPSA) is 40.5 Å². The summed E-state index contributed by atoms with van der Waals surface area (Å²) in [5.41, 5.74) is -0.536. The van der Waals surface area contributed by atoms with Crippen molar-refractivity contribution in [3.63, 3.8) is 0 Å². The lowest BCUT2D eigenvalue weighted by molar-refractivity contribution is -0.128. The quantitative estimate of drug-likeness (QED) is 0.616. The Morgan fingerprint density at radius 1 is 1.58 bits per heavy atom. The zero-order chi connectivity index (χ0) is 8.77. The van der Waals surface area contributed by atoms with Crippen molar-refractivity contribution >= 4 is 5.91 Å². The van der Waals surface area contributed by atoms with Crippen LogP contribution in [-0.4, -0.2) is 34.6 Å². The first-order valence-corrected chi connectivity index (χ1v) is 4.60. The average molecular weight is 169 g/mol. The highest BCUT2D eigenvalue weighted by Gasteiger charge is 2.48. The molecule has 12 heavy (non-hydrogen) atoms. The van der Waals surface area contributed by atoms with Gasteiger partial charge in [-0.15, -0.1) is 0 Å². The van der Waals surface area contributed by atoms with Gasteiger partial charge in [0.1, 0.15) is 0 Å². The average Bonchev–Trinajstić information content (AvgIpc) is 2.77. The molecule has 1 atom stereocenters. The minimum atomic E-state index is -0.536. The van der Waals surface area contributed by atoms with E-state index in [0.29, 0.717) is 12.5 Å². The van der Waals surface area contributed by atoms with Crippen LogP contribution in [0.1, 0.15) is 26.2 Å². The molecule has 0 aromatic rings. The van der Waals surface area contributed by atoms with E-state index in [1.165, 1.54) is 0 Å². The second-order valence-corrected chi connectivity index (χ2v) is 4.07. The van der Waals surface area contributed by atoms with Crippen molar-refractivity contribution in [1.29, 1.82) is 0 Å². The Labute approximate surface area is 72.4 Å². The predicted molar refractivity (Wildman–Crippen MR) is 44.5 cm³/mol. The summed E-state index contributed by atoms with van der Waals surface area (Å²) in [7, 11) is 0. The van der Waals surface area contributed by atoms with Gasteiger partial charge in [0.05, 0.1) is 5.60 Å². The van der Waals surface area contributed by atoms with Crippen LogP contribution in [0.2, 0.25) is 0 Å². The van der Waals surface area contributed by atoms with Crippen LogP contribution < -0.4 is 0 Å². The molecule has 3 heteroatoms. The summed E-state index contributed by atoms with van der Waals surface area (Å²) in [6.07, 6.45) is 3.06. The van der Waals surface area contributed by atoms with E-state index >= 15 is 0 Å². The van der Waals surface area contributed by atoms with Crippen LogP contribution in [0.3, 0.4) is 0 Å². The zero-order valence-corrected chi connectivity index (χ0v) is 7.42. The Balaban J connectivity index is 2.00. The van der Waals surface area contributed by atoms with E-state index in [1.54, 1.807) is 11.8 Å². The SMILES string of the molecule is CC(=O)N1CCC(O)(C2CC2)C1. The number of carbonyl (C=O) groups excluding carboxylic acids is 1. The molecule has 3 nitrogen and oxygen atoms in total. The summed E-state index contributed by atoms with van der Waals surface area (Å²) in [6, 6.07) is 0. The largest absolute Gasteiger partial charge is 0.388 e. The van der Waals surface area contributed by atoms with Gasteiger partial charge in [-0.25, -0.2) is 0 Å². The van der Waals surface area contributed by atoms with Gasteiger partial charge in [-0.3, -0.25) is 4.79 Å². The Kier molecular flexibility index (Phi) is 1.65. The molecule has 2 rings (SSSR count). The second kappa shape index (κ2) is 2.46. The molecular formula is C9H15NO2. The molecule has 1 N–H and O–H groups in total. The first kappa shape index (κ1) is 8.05. The third-order valence-corrected chi connectivity index (χ3v) is 3.06. The number of nitrogens with zero attached hydrogens (tertiary/aromatic N) is 1. The smallest absolute Gasteiger partial charge is 0.219 e. The number of β-amino-alcohol motifs (C(OH)–C–C–N with tert-alkyl or cyclic N) is 1. The number of hydrogen-bond acceptors (Lipinski definition) is 2. The summed E-state index contributed by atoms with van der Waals surface area (Å²) >= 11 is 0. The van der Waals surface area contributed by atoms with Gasteiger partial charge in [0.2, 0.25) is 5.91 Å². The van der Waals surface area contributed by atoms with E-state index in [9.17, 15) is 9.90 Å². The van der Waals surface area contributed by atoms with Crippen LogP contribution in [-0.2, 0) is 4.79 Å². The van der Waals surface area contributed by atoms with E-state index in [2.05, 4.69) is 0 Å². The number of rotatable bonds is 1. The third kappa shape index (κ3) is 1.22. The first-order valence-electron chi connectivity index (χ1n) is 4.60. The van der Waals surface area contributed by atoms with E-state index in [1.807, 2.05) is 0 Å². The van der Waals surface area contributed by atoms with Crippen molar-refractivity contribution < 1.29 is 9.90 Å². The molecule has 0 aromatic heterocycles. The van der Waals surface area contributed by atoms with Crippen LogP contribution in [0, 0.1) is 5.92 Å². The number of carbonyl (C=O) groups is 1. The fourth-order valence-corrected chi connectivity index (χ4v) is 2.04. The molecule has 1 amide bonds. The molecule has 0 spiro atoms. The highest BCUT2D eigenvalue weighted by atomic mass is 16.3. The minimum absolute atomic E-state index is 0.0894. The number of aliphatic hydroxyl groups is 1. The molecule has 0 aromatic carbocycles. The first-order chi connectivity index (χ1) is 5.62. The lowest BCUT2D eigenvalue weighted by atomic mass is 9.97. The van der Waals surface area contributed by atoms with E-state index in [-0.39, 0.29) is 5.91 Å². The van der Waals surface area contributed by atoms with E-state index in [0.717, 1.165) is 25.8 Å². The van der Waals surface area contributed by atoms with Crippen molar-refractivity contribution in [3.05, 3.63) is 0 Å². The minimum Gasteiger partial charge on any atom is -0.388 e. The van der Waals surface area contributed by atoms with Gasteiger partial charge in [0, 0.05) is 20.0 Å². The third-order valence-electron chi connectivity index (χ3n) is 3.06. The normalized spacial score (nSPS) is 35.7. The monoisotopic (exact) mass is 169 g/mol. The molecule has 1 heterocycles. The molecule has 1 saturated carbocycles. The fourth-order valence-electron chi connectivity index (χ4n) is 2.04. The molecule has 0 radical (unpaired) electrons. The van der Waals surface area contributed by atoms with Crippen molar-refractivity contribution in [1.82, 2.24) is 4.90 Å². The predicted octanol–water partition coefficient (Wildman–Crippen LogP) is 0.380. The zero-order valence-electron chi connectivity index (χ0n) is 7.42. The van der Waals surface area contributed by atoms with Gasteiger partial charge in [-0.1, -0.05) is 0 Å². The Morgan fingerprint density at radius 2 is 2.25 bits per heavy atom. The van der Waals surface area contributed by atoms with Crippen LogP contribution in [0.15, 0.2) is 0 Å². The summed E-state index contributed by atoms with van der Waals surface area (Å²) in [6.45, 7) is 2.87. The fraction of sp³-hybridized carbons (Fsp3) is 0.889. The summed E-state index contributed by atoms with van der Waals surface area (Å²) in [5.74, 6) is 0.563. The van der Waals surface area contributed by atoms with E-state index < -0.39 is 5.60 Å². The van der Waals surface area contributed by atoms with Gasteiger partial charge in [-0.05, 0) is 25.2 Å². The number of likely N-dealkylation sites (tertiary alicyclic amines) is 1. The Bertz CT molecular complexity index is 213. The maximum absolute atomic E-state index is 11.0. The van der Waals surface area contributed by atoms with Crippen LogP contribution in [0.25, 0.3) is 0 Å². The van der Waals surface area contributed by atoms with Crippen LogP contribution in [0.4, 0.5) is 0 Å². The maximum Gasteiger partial charge on any atom is 0.219 e. The van der Waals surface area contributed by atoms with Gasteiger partial charge >= 0.3 is 0 Å². The molecule has 2 aliphatic rings. The molecular weight excluding hydrogens is 154 g/mol. The molecule has 1 aliphatic carbocycles. The molecule has 1 aliphatic heterocycles. The molecule has 1 unspecified atom stereocenters. The molecule has 0 bridgehead atoms. The second-order valence-electron chi connectivity index (χ2n) is 4.07. The molecule has 68 valence electrons. The van der Waals surface area contributed by atoms with Crippen LogP contribution >= 0.6 is 0 Å². The van der Waals surface area contributed by atoms with Crippen LogP contribution in [0.5, 0.6) is 0 Å². The van der Waals surface area contributed by atoms with Crippen molar-refractivity contribution in [3.8, 4) is 0 Å². The lowest BCUT2D eigenvalue weighted by Gasteiger charge is -2.22. The summed E-state index contributed by atoms with van der Waals surface area (Å²) < 4.78 is 0. The van der Waals surface area contributed by atoms with Gasteiger partial charge in [0.25, 0.3) is 0 Å². The number of amides is 1. The Hall–Kier alpha value is -0.570. The van der Waals surface area contributed by atoms with Crippen molar-refractivity contribution in [2.24, 2.45) is 5.92 Å². The summed E-state index contributed by atoms with van der Waals surface area (Å²) in [5, 5.41) is 10.1. The van der Waals surface area contributed by atoms with Gasteiger partial charge < -0.3 is 10.0 Å². The van der Waals surface area contributed by atoms with E-state index in [4.69, 9.17) is 0 Å². The van der Waals surface area contributed by atoms with Gasteiger partial charge in [0.15, 0.2) is 0 Å². The molecule has 1 saturated heterocycles. The van der Waals surface area contributed by atoms with Gasteiger partial charge in [-0.2, -0.15) is 0 Å². The number of hydrogen-bond donors (Lipinski definition) is 1. The van der Waals surface area contributed by atoms with Crippen molar-refractivity contribution in [2.75, 3.05) is 13.1 Å². The summed E-state index contributed by atoms with van der Waals surface area (Å²) in [4.78, 5) is 12.7. The maximum atomic E-state index is 11.0. The van der Waals surface area contributed by atoms with Crippen molar-refractivity contribution in [2.45, 2.75) is 31.8 Å². The lowest BCUT2D eigenvalue weighted by Crippen LogP contribution is -2.36. The molecule has 2 fully saturated rings. The Morgan fingerprint density at radius 3 is 2.67 bits per heavy atom.